The average molecular weight is 822 g/mol. The van der Waals surface area contributed by atoms with Crippen LogP contribution in [0.3, 0.4) is 0 Å². The van der Waals surface area contributed by atoms with Crippen LogP contribution in [-0.2, 0) is 38.8 Å². The molecule has 1 spiro atoms. The van der Waals surface area contributed by atoms with Crippen LogP contribution in [0.1, 0.15) is 53.7 Å². The summed E-state index contributed by atoms with van der Waals surface area (Å²) in [5.74, 6) is -0.999. The van der Waals surface area contributed by atoms with Crippen LogP contribution in [0.15, 0.2) is 97.1 Å². The fourth-order valence-corrected chi connectivity index (χ4v) is 7.05. The number of aromatic carboxylic acids is 1. The molecular formula is C45H51N5O10. The van der Waals surface area contributed by atoms with Gasteiger partial charge >= 0.3 is 5.97 Å². The van der Waals surface area contributed by atoms with Crippen LogP contribution in [0.4, 0.5) is 0 Å². The van der Waals surface area contributed by atoms with E-state index in [1.165, 1.54) is 6.07 Å². The summed E-state index contributed by atoms with van der Waals surface area (Å²) in [6.07, 6.45) is 0.760. The maximum atomic E-state index is 14.3. The molecule has 1 fully saturated rings. The molecule has 4 amide bonds. The monoisotopic (exact) mass is 821 g/mol. The molecule has 3 aliphatic heterocycles. The molecule has 7 rings (SSSR count). The number of carbonyl (C=O) groups is 5. The van der Waals surface area contributed by atoms with Gasteiger partial charge < -0.3 is 45.3 Å². The van der Waals surface area contributed by atoms with Crippen LogP contribution in [0.2, 0.25) is 0 Å². The van der Waals surface area contributed by atoms with Crippen LogP contribution in [-0.4, -0.2) is 96.7 Å². The van der Waals surface area contributed by atoms with Crippen molar-refractivity contribution >= 4 is 29.6 Å². The van der Waals surface area contributed by atoms with Gasteiger partial charge in [0.05, 0.1) is 19.2 Å². The van der Waals surface area contributed by atoms with Gasteiger partial charge in [0.25, 0.3) is 5.91 Å². The number of piperidine rings is 1. The van der Waals surface area contributed by atoms with E-state index in [0.29, 0.717) is 61.0 Å². The third-order valence-corrected chi connectivity index (χ3v) is 10.5. The molecule has 4 aromatic carbocycles. The van der Waals surface area contributed by atoms with Crippen LogP contribution < -0.4 is 40.2 Å². The Hall–Kier alpha value is -6.61. The van der Waals surface area contributed by atoms with E-state index in [-0.39, 0.29) is 31.7 Å². The van der Waals surface area contributed by atoms with E-state index in [0.717, 1.165) is 11.1 Å². The zero-order valence-electron chi connectivity index (χ0n) is 33.9. The first-order valence-corrected chi connectivity index (χ1v) is 19.9. The van der Waals surface area contributed by atoms with Gasteiger partial charge in [0.2, 0.25) is 17.7 Å². The second-order valence-electron chi connectivity index (χ2n) is 14.9. The molecule has 5 N–H and O–H groups in total. The molecule has 1 saturated heterocycles. The molecule has 0 unspecified atom stereocenters. The van der Waals surface area contributed by atoms with E-state index in [9.17, 15) is 29.1 Å². The summed E-state index contributed by atoms with van der Waals surface area (Å²) in [6.45, 7) is 5.15. The number of benzene rings is 4. The Morgan fingerprint density at radius 3 is 2.18 bits per heavy atom. The average Bonchev–Trinajstić information content (AvgIpc) is 3.25. The molecule has 0 aliphatic carbocycles. The lowest BCUT2D eigenvalue weighted by Crippen LogP contribution is -2.61. The number of fused-ring (bicyclic) bond motifs is 15. The number of carbonyl (C=O) groups excluding carboxylic acids is 4. The van der Waals surface area contributed by atoms with Crippen molar-refractivity contribution in [3.8, 4) is 23.0 Å². The number of likely N-dealkylation sites (tertiary alicyclic amines) is 1. The van der Waals surface area contributed by atoms with E-state index in [1.807, 2.05) is 48.5 Å². The zero-order valence-corrected chi connectivity index (χ0v) is 33.9. The largest absolute Gasteiger partial charge is 0.493 e. The summed E-state index contributed by atoms with van der Waals surface area (Å²) < 4.78 is 24.0. The number of carboxylic acid groups (broad SMARTS) is 1. The van der Waals surface area contributed by atoms with Gasteiger partial charge in [-0.3, -0.25) is 24.1 Å². The van der Waals surface area contributed by atoms with Crippen molar-refractivity contribution in [3.63, 3.8) is 0 Å². The topological polar surface area (TPSA) is 194 Å². The van der Waals surface area contributed by atoms with Gasteiger partial charge in [0.1, 0.15) is 42.8 Å². The summed E-state index contributed by atoms with van der Waals surface area (Å²) in [6, 6.07) is 25.3. The minimum atomic E-state index is -1.33. The molecule has 15 nitrogen and oxygen atoms in total. The maximum Gasteiger partial charge on any atom is 0.335 e. The zero-order chi connectivity index (χ0) is 42.6. The van der Waals surface area contributed by atoms with Crippen molar-refractivity contribution in [1.29, 1.82) is 0 Å². The van der Waals surface area contributed by atoms with Gasteiger partial charge in [0, 0.05) is 38.9 Å². The van der Waals surface area contributed by atoms with Gasteiger partial charge in [-0.25, -0.2) is 4.79 Å². The molecule has 4 aromatic rings. The number of rotatable bonds is 9. The van der Waals surface area contributed by atoms with Crippen molar-refractivity contribution in [2.75, 3.05) is 33.4 Å². The predicted octanol–water partition coefficient (Wildman–Crippen LogP) is 3.63. The molecule has 0 saturated carbocycles. The molecule has 3 heterocycles. The van der Waals surface area contributed by atoms with Gasteiger partial charge in [-0.05, 0) is 79.1 Å². The number of carboxylic acids is 1. The third kappa shape index (κ3) is 11.3. The highest BCUT2D eigenvalue weighted by Crippen LogP contribution is 2.33. The molecule has 0 radical (unpaired) electrons. The smallest absolute Gasteiger partial charge is 0.335 e. The minimum absolute atomic E-state index is 0.157. The van der Waals surface area contributed by atoms with Crippen molar-refractivity contribution < 1.29 is 48.0 Å². The molecule has 15 heteroatoms. The second-order valence-corrected chi connectivity index (χ2v) is 14.9. The molecular weight excluding hydrogens is 771 g/mol. The highest BCUT2D eigenvalue weighted by atomic mass is 16.5. The van der Waals surface area contributed by atoms with Crippen LogP contribution in [0.5, 0.6) is 23.0 Å². The number of amides is 4. The number of nitrogens with one attached hydrogen (secondary N) is 4. The molecule has 60 heavy (non-hydrogen) atoms. The predicted molar refractivity (Wildman–Crippen MR) is 221 cm³/mol. The number of methoxy groups -OCH3 is 1. The Labute approximate surface area is 348 Å². The van der Waals surface area contributed by atoms with Gasteiger partial charge in [-0.1, -0.05) is 48.5 Å². The third-order valence-electron chi connectivity index (χ3n) is 10.5. The minimum Gasteiger partial charge on any atom is -0.493 e. The number of hydrogen-bond donors (Lipinski definition) is 5. The second kappa shape index (κ2) is 19.9. The first-order valence-electron chi connectivity index (χ1n) is 19.9. The molecule has 3 aliphatic rings. The normalized spacial score (nSPS) is 20.4. The van der Waals surface area contributed by atoms with E-state index < -0.39 is 53.3 Å². The van der Waals surface area contributed by atoms with Crippen molar-refractivity contribution in [2.24, 2.45) is 0 Å². The summed E-state index contributed by atoms with van der Waals surface area (Å²) in [4.78, 5) is 67.9. The summed E-state index contributed by atoms with van der Waals surface area (Å²) in [5, 5.41) is 20.5. The molecule has 316 valence electrons. The van der Waals surface area contributed by atoms with Crippen LogP contribution >= 0.6 is 0 Å². The highest BCUT2D eigenvalue weighted by molar-refractivity contribution is 5.95. The Kier molecular flexibility index (Phi) is 14.3. The molecule has 2 bridgehead atoms. The van der Waals surface area contributed by atoms with Gasteiger partial charge in [-0.15, -0.1) is 0 Å². The van der Waals surface area contributed by atoms with Crippen molar-refractivity contribution in [3.05, 3.63) is 119 Å². The fraction of sp³-hybridized carbons (Fsp3) is 0.356. The summed E-state index contributed by atoms with van der Waals surface area (Å²) >= 11 is 0. The number of ether oxygens (including phenoxy) is 4. The lowest BCUT2D eigenvalue weighted by atomic mass is 9.89. The van der Waals surface area contributed by atoms with E-state index >= 15 is 0 Å². The summed E-state index contributed by atoms with van der Waals surface area (Å²) in [5.41, 5.74) is 1.31. The van der Waals surface area contributed by atoms with Crippen molar-refractivity contribution in [2.45, 2.75) is 70.0 Å². The number of nitrogens with zero attached hydrogens (tertiary/aromatic N) is 1. The Bertz CT molecular complexity index is 2140. The standard InChI is InChI=1S/C45H51N5O10/c1-29-40(51)46-20-23-58-35-13-15-36(16-14-35)60-45(44(56)48-30(2)41(52)49-37(42(53)47-29)25-31-8-5-4-6-9-31)18-21-50(22-19-45)27-32-12-17-38(39(26-32)57-3)59-28-33-10-7-11-34(24-33)43(54)55/h4-17,24,26,29-30,37H,18-23,25,27-28H2,1-3H3,(H,46,51)(H,47,53)(H,48,56)(H,49,52)(H,54,55)/t29-,30-,37-/m0/s1. The lowest BCUT2D eigenvalue weighted by molar-refractivity contribution is -0.144. The Balaban J connectivity index is 1.16. The van der Waals surface area contributed by atoms with Crippen molar-refractivity contribution in [1.82, 2.24) is 26.2 Å². The lowest BCUT2D eigenvalue weighted by Gasteiger charge is -2.41. The maximum absolute atomic E-state index is 14.3. The van der Waals surface area contributed by atoms with E-state index in [2.05, 4.69) is 26.2 Å². The fourth-order valence-electron chi connectivity index (χ4n) is 7.05. The SMILES string of the molecule is COc1cc(CN2CCC3(CC2)Oc2ccc(cc2)OCCNC(=O)[C@H](C)NC(=O)[C@H](Cc2ccccc2)NC(=O)[C@H](C)NC3=O)ccc1OCc1cccc(C(=O)O)c1. The quantitative estimate of drug-likeness (QED) is 0.155. The number of hydrogen-bond acceptors (Lipinski definition) is 10. The van der Waals surface area contributed by atoms with E-state index in [1.54, 1.807) is 63.4 Å². The van der Waals surface area contributed by atoms with E-state index in [4.69, 9.17) is 18.9 Å². The van der Waals surface area contributed by atoms with Gasteiger partial charge in [-0.2, -0.15) is 0 Å². The van der Waals surface area contributed by atoms with Crippen LogP contribution in [0, 0.1) is 0 Å². The Morgan fingerprint density at radius 2 is 1.47 bits per heavy atom. The molecule has 3 atom stereocenters. The first-order chi connectivity index (χ1) is 28.9. The first kappa shape index (κ1) is 43.0. The van der Waals surface area contributed by atoms with Crippen LogP contribution in [0.25, 0.3) is 0 Å². The Morgan fingerprint density at radius 1 is 0.767 bits per heavy atom. The molecule has 0 aromatic heterocycles. The summed E-state index contributed by atoms with van der Waals surface area (Å²) in [7, 11) is 1.55. The highest BCUT2D eigenvalue weighted by Gasteiger charge is 2.45. The van der Waals surface area contributed by atoms with Gasteiger partial charge in [0.15, 0.2) is 17.1 Å².